The Morgan fingerprint density at radius 1 is 1.10 bits per heavy atom. The molecule has 4 nitrogen and oxygen atoms in total. The maximum absolute atomic E-state index is 5.78. The zero-order valence-electron chi connectivity index (χ0n) is 11.7. The summed E-state index contributed by atoms with van der Waals surface area (Å²) in [4.78, 5) is 0. The highest BCUT2D eigenvalue weighted by atomic mass is 127. The lowest BCUT2D eigenvalue weighted by Crippen LogP contribution is -2.29. The van der Waals surface area contributed by atoms with Crippen LogP contribution in [0.15, 0.2) is 40.9 Å². The van der Waals surface area contributed by atoms with Crippen LogP contribution in [0.1, 0.15) is 17.2 Å². The Labute approximate surface area is 146 Å². The highest BCUT2D eigenvalue weighted by molar-refractivity contribution is 14.1. The van der Waals surface area contributed by atoms with E-state index in [0.717, 1.165) is 19.2 Å². The minimum Gasteiger partial charge on any atom is -0.493 e. The van der Waals surface area contributed by atoms with Gasteiger partial charge in [0.2, 0.25) is 0 Å². The van der Waals surface area contributed by atoms with Crippen LogP contribution in [0.25, 0.3) is 0 Å². The Morgan fingerprint density at radius 2 is 1.81 bits per heavy atom. The first-order valence-corrected chi connectivity index (χ1v) is 8.11. The highest BCUT2D eigenvalue weighted by Gasteiger charge is 2.17. The van der Waals surface area contributed by atoms with Gasteiger partial charge in [0.05, 0.1) is 20.3 Å². The third-order valence-electron chi connectivity index (χ3n) is 3.18. The smallest absolute Gasteiger partial charge is 0.161 e. The van der Waals surface area contributed by atoms with Gasteiger partial charge in [-0.15, -0.1) is 0 Å². The molecule has 0 aliphatic rings. The molecule has 0 aromatic heterocycles. The lowest BCUT2D eigenvalue weighted by molar-refractivity contribution is 0.354. The van der Waals surface area contributed by atoms with Gasteiger partial charge in [0.15, 0.2) is 11.5 Å². The molecule has 0 spiro atoms. The average molecular weight is 463 g/mol. The van der Waals surface area contributed by atoms with Crippen molar-refractivity contribution < 1.29 is 9.47 Å². The minimum atomic E-state index is -0.130. The lowest BCUT2D eigenvalue weighted by atomic mass is 9.99. The molecule has 0 heterocycles. The number of nitrogens with two attached hydrogens (primary N) is 1. The molecule has 1 atom stereocenters. The van der Waals surface area contributed by atoms with Crippen LogP contribution in [-0.4, -0.2) is 14.2 Å². The normalized spacial score (nSPS) is 12.0. The van der Waals surface area contributed by atoms with Gasteiger partial charge in [-0.2, -0.15) is 0 Å². The minimum absolute atomic E-state index is 0.130. The van der Waals surface area contributed by atoms with Crippen molar-refractivity contribution in [2.75, 3.05) is 14.2 Å². The van der Waals surface area contributed by atoms with E-state index in [1.165, 1.54) is 0 Å². The molecule has 1 unspecified atom stereocenters. The van der Waals surface area contributed by atoms with Gasteiger partial charge >= 0.3 is 0 Å². The summed E-state index contributed by atoms with van der Waals surface area (Å²) in [6, 6.07) is 11.8. The maximum Gasteiger partial charge on any atom is 0.161 e. The number of halogens is 2. The van der Waals surface area contributed by atoms with Crippen molar-refractivity contribution in [2.45, 2.75) is 6.04 Å². The largest absolute Gasteiger partial charge is 0.493 e. The molecule has 2 aromatic rings. The third kappa shape index (κ3) is 3.68. The van der Waals surface area contributed by atoms with Gasteiger partial charge in [-0.1, -0.05) is 22.0 Å². The number of rotatable bonds is 5. The van der Waals surface area contributed by atoms with Crippen LogP contribution in [0.4, 0.5) is 0 Å². The molecule has 2 aromatic carbocycles. The van der Waals surface area contributed by atoms with E-state index in [4.69, 9.17) is 15.3 Å². The van der Waals surface area contributed by atoms with Gasteiger partial charge in [-0.05, 0) is 64.0 Å². The Hall–Kier alpha value is -0.830. The molecule has 0 saturated heterocycles. The molecule has 6 heteroatoms. The van der Waals surface area contributed by atoms with E-state index in [1.54, 1.807) is 14.2 Å². The quantitative estimate of drug-likeness (QED) is 0.404. The van der Waals surface area contributed by atoms with Gasteiger partial charge in [0.25, 0.3) is 0 Å². The van der Waals surface area contributed by atoms with Crippen molar-refractivity contribution in [1.82, 2.24) is 5.43 Å². The lowest BCUT2D eigenvalue weighted by Gasteiger charge is -2.20. The van der Waals surface area contributed by atoms with Gasteiger partial charge in [-0.3, -0.25) is 5.84 Å². The monoisotopic (exact) mass is 462 g/mol. The second kappa shape index (κ2) is 7.44. The number of ether oxygens (including phenoxy) is 2. The van der Waals surface area contributed by atoms with E-state index in [9.17, 15) is 0 Å². The Bertz CT molecular complexity index is 637. The zero-order chi connectivity index (χ0) is 15.4. The second-order valence-corrected chi connectivity index (χ2v) is 6.46. The third-order valence-corrected chi connectivity index (χ3v) is 4.65. The summed E-state index contributed by atoms with van der Waals surface area (Å²) in [7, 11) is 3.24. The van der Waals surface area contributed by atoms with E-state index in [1.807, 2.05) is 30.3 Å². The van der Waals surface area contributed by atoms with Gasteiger partial charge in [-0.25, -0.2) is 5.43 Å². The molecule has 21 heavy (non-hydrogen) atoms. The molecule has 112 valence electrons. The van der Waals surface area contributed by atoms with Crippen LogP contribution in [0.3, 0.4) is 0 Å². The van der Waals surface area contributed by atoms with Crippen molar-refractivity contribution in [3.8, 4) is 11.5 Å². The standard InChI is InChI=1S/C15H16BrIN2O2/c1-20-13-6-3-9(7-14(13)21-2)15(19-18)11-8-10(16)4-5-12(11)17/h3-8,15,19H,18H2,1-2H3. The summed E-state index contributed by atoms with van der Waals surface area (Å²) in [5, 5.41) is 0. The van der Waals surface area contributed by atoms with E-state index in [0.29, 0.717) is 11.5 Å². The molecule has 0 fully saturated rings. The molecule has 3 N–H and O–H groups in total. The second-order valence-electron chi connectivity index (χ2n) is 4.38. The molecular weight excluding hydrogens is 447 g/mol. The van der Waals surface area contributed by atoms with Crippen LogP contribution in [0.5, 0.6) is 11.5 Å². The molecule has 0 aliphatic carbocycles. The van der Waals surface area contributed by atoms with Crippen LogP contribution in [-0.2, 0) is 0 Å². The van der Waals surface area contributed by atoms with Crippen molar-refractivity contribution in [1.29, 1.82) is 0 Å². The Morgan fingerprint density at radius 3 is 2.43 bits per heavy atom. The van der Waals surface area contributed by atoms with Gasteiger partial charge in [0.1, 0.15) is 0 Å². The molecule has 0 amide bonds. The summed E-state index contributed by atoms with van der Waals surface area (Å²) in [5.74, 6) is 7.15. The molecule has 0 saturated carbocycles. The number of methoxy groups -OCH3 is 2. The fraction of sp³-hybridized carbons (Fsp3) is 0.200. The number of nitrogens with one attached hydrogen (secondary N) is 1. The number of hydrogen-bond donors (Lipinski definition) is 2. The molecule has 0 bridgehead atoms. The van der Waals surface area contributed by atoms with Crippen molar-refractivity contribution in [2.24, 2.45) is 5.84 Å². The van der Waals surface area contributed by atoms with E-state index < -0.39 is 0 Å². The molecule has 2 rings (SSSR count). The van der Waals surface area contributed by atoms with Gasteiger partial charge < -0.3 is 9.47 Å². The molecule has 0 aliphatic heterocycles. The summed E-state index contributed by atoms with van der Waals surface area (Å²) in [6.07, 6.45) is 0. The van der Waals surface area contributed by atoms with E-state index in [-0.39, 0.29) is 6.04 Å². The Kier molecular flexibility index (Phi) is 5.86. The predicted octanol–water partition coefficient (Wildman–Crippen LogP) is 3.62. The van der Waals surface area contributed by atoms with Crippen molar-refractivity contribution in [3.05, 3.63) is 55.6 Å². The topological polar surface area (TPSA) is 56.5 Å². The predicted molar refractivity (Wildman–Crippen MR) is 95.6 cm³/mol. The first kappa shape index (κ1) is 16.5. The SMILES string of the molecule is COc1ccc(C(NN)c2cc(Br)ccc2I)cc1OC. The Balaban J connectivity index is 2.48. The summed E-state index contributed by atoms with van der Waals surface area (Å²) < 4.78 is 12.8. The van der Waals surface area contributed by atoms with Gasteiger partial charge in [0, 0.05) is 8.04 Å². The maximum atomic E-state index is 5.78. The van der Waals surface area contributed by atoms with Crippen LogP contribution in [0, 0.1) is 3.57 Å². The first-order chi connectivity index (χ1) is 10.1. The van der Waals surface area contributed by atoms with E-state index >= 15 is 0 Å². The van der Waals surface area contributed by atoms with Crippen molar-refractivity contribution in [3.63, 3.8) is 0 Å². The number of hydrogen-bond acceptors (Lipinski definition) is 4. The first-order valence-electron chi connectivity index (χ1n) is 6.23. The van der Waals surface area contributed by atoms with Crippen molar-refractivity contribution >= 4 is 38.5 Å². The average Bonchev–Trinajstić information content (AvgIpc) is 2.51. The summed E-state index contributed by atoms with van der Waals surface area (Å²) in [5.41, 5.74) is 4.97. The van der Waals surface area contributed by atoms with Crippen LogP contribution in [0.2, 0.25) is 0 Å². The number of hydrazine groups is 1. The summed E-state index contributed by atoms with van der Waals surface area (Å²) >= 11 is 5.80. The van der Waals surface area contributed by atoms with E-state index in [2.05, 4.69) is 50.0 Å². The highest BCUT2D eigenvalue weighted by Crippen LogP contribution is 2.34. The fourth-order valence-electron chi connectivity index (χ4n) is 2.13. The summed E-state index contributed by atoms with van der Waals surface area (Å²) in [6.45, 7) is 0. The molecular formula is C15H16BrIN2O2. The molecule has 0 radical (unpaired) electrons. The van der Waals surface area contributed by atoms with Crippen LogP contribution >= 0.6 is 38.5 Å². The van der Waals surface area contributed by atoms with Crippen LogP contribution < -0.4 is 20.7 Å². The zero-order valence-corrected chi connectivity index (χ0v) is 15.4. The fourth-order valence-corrected chi connectivity index (χ4v) is 3.16. The number of benzene rings is 2.